The molecule has 2 amide bonds. The van der Waals surface area contributed by atoms with Crippen LogP contribution >= 0.6 is 0 Å². The predicted molar refractivity (Wildman–Crippen MR) is 182 cm³/mol. The van der Waals surface area contributed by atoms with E-state index < -0.39 is 0 Å². The van der Waals surface area contributed by atoms with Gasteiger partial charge in [0.05, 0.1) is 16.4 Å². The molecular weight excluding hydrogens is 580 g/mol. The lowest BCUT2D eigenvalue weighted by atomic mass is 10.1. The maximum absolute atomic E-state index is 14.0. The molecule has 5 heterocycles. The Hall–Kier alpha value is -4.90. The summed E-state index contributed by atoms with van der Waals surface area (Å²) in [6, 6.07) is 19.2. The molecule has 3 aromatic heterocycles. The van der Waals surface area contributed by atoms with Gasteiger partial charge in [0.25, 0.3) is 11.8 Å². The van der Waals surface area contributed by atoms with Gasteiger partial charge in [0, 0.05) is 71.7 Å². The quantitative estimate of drug-likeness (QED) is 0.299. The van der Waals surface area contributed by atoms with Crippen molar-refractivity contribution in [2.45, 2.75) is 12.8 Å². The third kappa shape index (κ3) is 5.24. The number of imidazole rings is 1. The van der Waals surface area contributed by atoms with Crippen LogP contribution in [0.4, 0.5) is 11.5 Å². The molecule has 238 valence electrons. The number of nitrogens with zero attached hydrogens (tertiary/aromatic N) is 7. The number of amides is 2. The van der Waals surface area contributed by atoms with E-state index in [2.05, 4.69) is 15.1 Å². The van der Waals surface area contributed by atoms with Gasteiger partial charge in [-0.25, -0.2) is 4.98 Å². The second-order valence-corrected chi connectivity index (χ2v) is 12.5. The summed E-state index contributed by atoms with van der Waals surface area (Å²) in [5.41, 5.74) is 4.35. The second kappa shape index (κ2) is 12.1. The van der Waals surface area contributed by atoms with Crippen molar-refractivity contribution in [3.05, 3.63) is 82.0 Å². The van der Waals surface area contributed by atoms with Crippen LogP contribution in [0.1, 0.15) is 33.6 Å². The molecule has 11 heteroatoms. The number of aromatic nitrogens is 3. The summed E-state index contributed by atoms with van der Waals surface area (Å²) < 4.78 is 3.86. The highest BCUT2D eigenvalue weighted by Crippen LogP contribution is 2.27. The number of carbonyl (C=O) groups is 2. The van der Waals surface area contributed by atoms with Crippen molar-refractivity contribution in [1.29, 1.82) is 0 Å². The number of hydrogen-bond donors (Lipinski definition) is 1. The Morgan fingerprint density at radius 1 is 0.870 bits per heavy atom. The minimum atomic E-state index is -0.365. The van der Waals surface area contributed by atoms with Crippen LogP contribution in [-0.2, 0) is 7.05 Å². The van der Waals surface area contributed by atoms with Gasteiger partial charge in [-0.15, -0.1) is 0 Å². The zero-order valence-corrected chi connectivity index (χ0v) is 26.7. The first-order chi connectivity index (χ1) is 22.3. The van der Waals surface area contributed by atoms with E-state index in [1.165, 1.54) is 12.8 Å². The minimum absolute atomic E-state index is 0.0201. The third-order valence-electron chi connectivity index (χ3n) is 9.44. The van der Waals surface area contributed by atoms with Crippen LogP contribution in [-0.4, -0.2) is 102 Å². The summed E-state index contributed by atoms with van der Waals surface area (Å²) in [5, 5.41) is 3.42. The first-order valence-electron chi connectivity index (χ1n) is 16.1. The van der Waals surface area contributed by atoms with Gasteiger partial charge in [0.15, 0.2) is 5.65 Å². The van der Waals surface area contributed by atoms with Crippen molar-refractivity contribution in [2.24, 2.45) is 7.05 Å². The maximum atomic E-state index is 14.0. The number of fused-ring (bicyclic) bond motifs is 5. The van der Waals surface area contributed by atoms with Crippen LogP contribution in [0.5, 0.6) is 0 Å². The van der Waals surface area contributed by atoms with Crippen molar-refractivity contribution in [3.63, 3.8) is 0 Å². The van der Waals surface area contributed by atoms with Crippen LogP contribution in [0.15, 0.2) is 65.5 Å². The summed E-state index contributed by atoms with van der Waals surface area (Å²) in [7, 11) is 5.84. The van der Waals surface area contributed by atoms with Crippen molar-refractivity contribution < 1.29 is 9.59 Å². The van der Waals surface area contributed by atoms with Crippen LogP contribution < -0.4 is 20.5 Å². The molecular formula is C35H40N8O3. The normalized spacial score (nSPS) is 15.7. The zero-order valence-electron chi connectivity index (χ0n) is 26.7. The number of pyridine rings is 2. The van der Waals surface area contributed by atoms with Crippen LogP contribution in [0, 0.1) is 0 Å². The number of carbonyl (C=O) groups excluding carboxylic acids is 2. The van der Waals surface area contributed by atoms with Crippen molar-refractivity contribution >= 4 is 51.0 Å². The van der Waals surface area contributed by atoms with E-state index in [0.717, 1.165) is 42.2 Å². The fourth-order valence-corrected chi connectivity index (χ4v) is 6.86. The topological polar surface area (TPSA) is 98.4 Å². The molecule has 46 heavy (non-hydrogen) atoms. The molecule has 0 spiro atoms. The lowest BCUT2D eigenvalue weighted by Gasteiger charge is -2.35. The summed E-state index contributed by atoms with van der Waals surface area (Å²) in [4.78, 5) is 54.3. The first-order valence-corrected chi connectivity index (χ1v) is 16.1. The molecule has 11 nitrogen and oxygen atoms in total. The van der Waals surface area contributed by atoms with E-state index in [-0.39, 0.29) is 22.8 Å². The molecule has 7 rings (SSSR count). The number of likely N-dealkylation sites (tertiary alicyclic amines) is 1. The molecule has 0 aliphatic carbocycles. The molecule has 5 aromatic rings. The fourth-order valence-electron chi connectivity index (χ4n) is 6.86. The lowest BCUT2D eigenvalue weighted by Crippen LogP contribution is -2.49. The van der Waals surface area contributed by atoms with Crippen LogP contribution in [0.2, 0.25) is 0 Å². The van der Waals surface area contributed by atoms with Crippen LogP contribution in [0.25, 0.3) is 27.7 Å². The molecule has 0 radical (unpaired) electrons. The SMILES string of the molecule is CN(C)c1ccc(C(=O)N2CCN(c3ccc4c(=O)c(C(=O)NCCN5CCCC5)c5n(C)c6ccccc6n5c4n3)CC2)cc1. The Morgan fingerprint density at radius 2 is 1.57 bits per heavy atom. The van der Waals surface area contributed by atoms with Crippen LogP contribution in [0.3, 0.4) is 0 Å². The fraction of sp³-hybridized carbons (Fsp3) is 0.371. The van der Waals surface area contributed by atoms with Gasteiger partial charge in [0.1, 0.15) is 17.0 Å². The largest absolute Gasteiger partial charge is 0.378 e. The number of para-hydroxylation sites is 2. The summed E-state index contributed by atoms with van der Waals surface area (Å²) in [6.45, 7) is 5.71. The van der Waals surface area contributed by atoms with Gasteiger partial charge in [-0.2, -0.15) is 0 Å². The smallest absolute Gasteiger partial charge is 0.259 e. The average Bonchev–Trinajstić information content (AvgIpc) is 3.71. The van der Waals surface area contributed by atoms with E-state index >= 15 is 0 Å². The summed E-state index contributed by atoms with van der Waals surface area (Å²) in [5.74, 6) is 0.390. The molecule has 0 atom stereocenters. The van der Waals surface area contributed by atoms with E-state index in [1.54, 1.807) is 6.07 Å². The molecule has 2 saturated heterocycles. The maximum Gasteiger partial charge on any atom is 0.259 e. The van der Waals surface area contributed by atoms with E-state index in [9.17, 15) is 14.4 Å². The summed E-state index contributed by atoms with van der Waals surface area (Å²) >= 11 is 0. The highest BCUT2D eigenvalue weighted by atomic mass is 16.2. The molecule has 2 fully saturated rings. The Labute approximate surface area is 267 Å². The monoisotopic (exact) mass is 620 g/mol. The Kier molecular flexibility index (Phi) is 7.85. The van der Waals surface area contributed by atoms with Crippen molar-refractivity contribution in [1.82, 2.24) is 29.1 Å². The Morgan fingerprint density at radius 3 is 2.26 bits per heavy atom. The molecule has 2 aliphatic heterocycles. The lowest BCUT2D eigenvalue weighted by molar-refractivity contribution is 0.0746. The highest BCUT2D eigenvalue weighted by Gasteiger charge is 2.27. The number of piperazine rings is 1. The zero-order chi connectivity index (χ0) is 31.9. The van der Waals surface area contributed by atoms with Gasteiger partial charge >= 0.3 is 0 Å². The summed E-state index contributed by atoms with van der Waals surface area (Å²) in [6.07, 6.45) is 2.37. The van der Waals surface area contributed by atoms with Gasteiger partial charge in [-0.1, -0.05) is 12.1 Å². The molecule has 0 unspecified atom stereocenters. The molecule has 0 bridgehead atoms. The number of benzene rings is 2. The molecule has 2 aromatic carbocycles. The minimum Gasteiger partial charge on any atom is -0.378 e. The Bertz CT molecular complexity index is 2000. The molecule has 0 saturated carbocycles. The molecule has 2 aliphatic rings. The number of anilines is 2. The van der Waals surface area contributed by atoms with Gasteiger partial charge < -0.3 is 29.5 Å². The van der Waals surface area contributed by atoms with Crippen molar-refractivity contribution in [3.8, 4) is 0 Å². The predicted octanol–water partition coefficient (Wildman–Crippen LogP) is 3.19. The number of aryl methyl sites for hydroxylation is 1. The number of nitrogens with one attached hydrogen (secondary N) is 1. The van der Waals surface area contributed by atoms with E-state index in [1.807, 2.05) is 94.5 Å². The standard InChI is InChI=1S/C35H40N8O3/c1-38(2)25-12-10-24(11-13-25)35(46)42-22-20-41(21-23-42)29-15-14-26-31(44)30(33(45)36-16-19-40-17-6-7-18-40)34-39(3)27-8-4-5-9-28(27)43(34)32(26)37-29/h4-5,8-15H,6-7,16-23H2,1-3H3,(H,36,45). The van der Waals surface area contributed by atoms with E-state index in [4.69, 9.17) is 4.98 Å². The third-order valence-corrected chi connectivity index (χ3v) is 9.44. The van der Waals surface area contributed by atoms with Gasteiger partial charge in [0.2, 0.25) is 5.43 Å². The van der Waals surface area contributed by atoms with Crippen molar-refractivity contribution in [2.75, 3.05) is 76.3 Å². The second-order valence-electron chi connectivity index (χ2n) is 12.5. The first kappa shape index (κ1) is 29.8. The van der Waals surface area contributed by atoms with Gasteiger partial charge in [-0.3, -0.25) is 18.8 Å². The highest BCUT2D eigenvalue weighted by molar-refractivity contribution is 6.06. The average molecular weight is 621 g/mol. The Balaban J connectivity index is 1.19. The molecule has 1 N–H and O–H groups in total. The van der Waals surface area contributed by atoms with E-state index in [0.29, 0.717) is 55.0 Å². The van der Waals surface area contributed by atoms with Gasteiger partial charge in [-0.05, 0) is 74.5 Å². The number of hydrogen-bond acceptors (Lipinski definition) is 7. The number of rotatable bonds is 7.